The third kappa shape index (κ3) is 4.33. The highest BCUT2D eigenvalue weighted by molar-refractivity contribution is 7.80. The van der Waals surface area contributed by atoms with Crippen LogP contribution in [-0.4, -0.2) is 24.9 Å². The molecule has 0 spiro atoms. The monoisotopic (exact) mass is 318 g/mol. The Kier molecular flexibility index (Phi) is 5.55. The molecule has 2 amide bonds. The van der Waals surface area contributed by atoms with Crippen LogP contribution in [0.5, 0.6) is 0 Å². The summed E-state index contributed by atoms with van der Waals surface area (Å²) in [5, 5.41) is 5.29. The fourth-order valence-electron chi connectivity index (χ4n) is 1.84. The van der Waals surface area contributed by atoms with Gasteiger partial charge in [0.2, 0.25) is 0 Å². The Morgan fingerprint density at radius 1 is 0.955 bits per heavy atom. The molecule has 0 aliphatic heterocycles. The van der Waals surface area contributed by atoms with E-state index in [0.29, 0.717) is 10.5 Å². The lowest BCUT2D eigenvalue weighted by atomic mass is 10.2. The van der Waals surface area contributed by atoms with Crippen molar-refractivity contribution in [2.75, 3.05) is 13.1 Å². The third-order valence-electron chi connectivity index (χ3n) is 2.93. The van der Waals surface area contributed by atoms with Crippen LogP contribution in [0.25, 0.3) is 0 Å². The largest absolute Gasteiger partial charge is 0.350 e. The van der Waals surface area contributed by atoms with E-state index in [1.54, 1.807) is 24.3 Å². The summed E-state index contributed by atoms with van der Waals surface area (Å²) in [7, 11) is 0. The highest BCUT2D eigenvalue weighted by atomic mass is 32.1. The molecule has 0 radical (unpaired) electrons. The van der Waals surface area contributed by atoms with Crippen molar-refractivity contribution in [2.45, 2.75) is 4.90 Å². The van der Waals surface area contributed by atoms with E-state index in [9.17, 15) is 14.0 Å². The number of rotatable bonds is 5. The topological polar surface area (TPSA) is 58.2 Å². The molecule has 2 aromatic carbocycles. The average molecular weight is 318 g/mol. The molecule has 6 heteroatoms. The van der Waals surface area contributed by atoms with Crippen LogP contribution < -0.4 is 10.6 Å². The van der Waals surface area contributed by atoms with E-state index in [0.717, 1.165) is 6.07 Å². The Labute approximate surface area is 133 Å². The van der Waals surface area contributed by atoms with Crippen LogP contribution >= 0.6 is 12.6 Å². The van der Waals surface area contributed by atoms with E-state index >= 15 is 0 Å². The Balaban J connectivity index is 1.79. The van der Waals surface area contributed by atoms with Gasteiger partial charge in [0.15, 0.2) is 0 Å². The van der Waals surface area contributed by atoms with Gasteiger partial charge in [-0.25, -0.2) is 4.39 Å². The van der Waals surface area contributed by atoms with Crippen molar-refractivity contribution >= 4 is 24.4 Å². The minimum atomic E-state index is -0.466. The van der Waals surface area contributed by atoms with Crippen LogP contribution in [0, 0.1) is 5.82 Å². The van der Waals surface area contributed by atoms with E-state index in [4.69, 9.17) is 0 Å². The van der Waals surface area contributed by atoms with E-state index < -0.39 is 5.82 Å². The summed E-state index contributed by atoms with van der Waals surface area (Å²) >= 11 is 4.21. The molecule has 4 nitrogen and oxygen atoms in total. The van der Waals surface area contributed by atoms with Crippen molar-refractivity contribution in [1.82, 2.24) is 10.6 Å². The van der Waals surface area contributed by atoms with Crippen LogP contribution in [0.15, 0.2) is 53.4 Å². The normalized spacial score (nSPS) is 10.1. The van der Waals surface area contributed by atoms with Crippen LogP contribution in [0.4, 0.5) is 4.39 Å². The van der Waals surface area contributed by atoms with Crippen molar-refractivity contribution in [3.8, 4) is 0 Å². The first-order valence-corrected chi connectivity index (χ1v) is 7.12. The number of thiol groups is 1. The maximum Gasteiger partial charge on any atom is 0.252 e. The molecule has 0 fully saturated rings. The molecule has 0 saturated heterocycles. The summed E-state index contributed by atoms with van der Waals surface area (Å²) in [6.45, 7) is 0.512. The fraction of sp³-hybridized carbons (Fsp3) is 0.125. The molecular weight excluding hydrogens is 303 g/mol. The number of nitrogens with one attached hydrogen (secondary N) is 2. The fourth-order valence-corrected chi connectivity index (χ4v) is 2.11. The lowest BCUT2D eigenvalue weighted by Gasteiger charge is -2.08. The number of hydrogen-bond donors (Lipinski definition) is 3. The molecule has 0 aromatic heterocycles. The zero-order valence-electron chi connectivity index (χ0n) is 11.7. The van der Waals surface area contributed by atoms with E-state index in [-0.39, 0.29) is 30.5 Å². The van der Waals surface area contributed by atoms with Crippen molar-refractivity contribution in [3.05, 3.63) is 65.5 Å². The predicted octanol–water partition coefficient (Wildman–Crippen LogP) is 2.27. The van der Waals surface area contributed by atoms with Crippen LogP contribution in [0.3, 0.4) is 0 Å². The van der Waals surface area contributed by atoms with Crippen molar-refractivity contribution in [3.63, 3.8) is 0 Å². The Hall–Kier alpha value is -2.34. The van der Waals surface area contributed by atoms with E-state index in [1.165, 1.54) is 18.2 Å². The maximum absolute atomic E-state index is 13.0. The van der Waals surface area contributed by atoms with E-state index in [1.807, 2.05) is 0 Å². The molecule has 0 saturated carbocycles. The first-order chi connectivity index (χ1) is 10.6. The van der Waals surface area contributed by atoms with Crippen molar-refractivity contribution in [1.29, 1.82) is 0 Å². The molecule has 0 unspecified atom stereocenters. The highest BCUT2D eigenvalue weighted by Gasteiger charge is 2.09. The van der Waals surface area contributed by atoms with Crippen LogP contribution in [-0.2, 0) is 0 Å². The summed E-state index contributed by atoms with van der Waals surface area (Å²) in [6, 6.07) is 12.4. The van der Waals surface area contributed by atoms with Gasteiger partial charge in [0.05, 0.1) is 5.56 Å². The molecule has 2 aromatic rings. The molecule has 114 valence electrons. The number of carbonyl (C=O) groups is 2. The first-order valence-electron chi connectivity index (χ1n) is 6.68. The van der Waals surface area contributed by atoms with Gasteiger partial charge in [-0.15, -0.1) is 12.6 Å². The second-order valence-electron chi connectivity index (χ2n) is 4.54. The first kappa shape index (κ1) is 16.0. The minimum Gasteiger partial charge on any atom is -0.350 e. The molecule has 0 atom stereocenters. The molecular formula is C16H15FN2O2S. The number of amides is 2. The molecule has 22 heavy (non-hydrogen) atoms. The summed E-state index contributed by atoms with van der Waals surface area (Å²) < 4.78 is 13.0. The number of benzene rings is 2. The van der Waals surface area contributed by atoms with Gasteiger partial charge in [0.1, 0.15) is 5.82 Å². The minimum absolute atomic E-state index is 0.243. The average Bonchev–Trinajstić information content (AvgIpc) is 2.51. The summed E-state index contributed by atoms with van der Waals surface area (Å²) in [4.78, 5) is 24.3. The molecule has 2 rings (SSSR count). The quantitative estimate of drug-likeness (QED) is 0.585. The van der Waals surface area contributed by atoms with Gasteiger partial charge in [-0.2, -0.15) is 0 Å². The van der Waals surface area contributed by atoms with Gasteiger partial charge in [0, 0.05) is 23.5 Å². The third-order valence-corrected chi connectivity index (χ3v) is 3.32. The second-order valence-corrected chi connectivity index (χ2v) is 5.02. The van der Waals surface area contributed by atoms with Crippen molar-refractivity contribution < 1.29 is 14.0 Å². The highest BCUT2D eigenvalue weighted by Crippen LogP contribution is 2.12. The zero-order valence-corrected chi connectivity index (χ0v) is 12.6. The van der Waals surface area contributed by atoms with Gasteiger partial charge < -0.3 is 10.6 Å². The van der Waals surface area contributed by atoms with Gasteiger partial charge >= 0.3 is 0 Å². The maximum atomic E-state index is 13.0. The smallest absolute Gasteiger partial charge is 0.252 e. The Morgan fingerprint density at radius 3 is 2.32 bits per heavy atom. The standard InChI is InChI=1S/C16H15FN2O2S/c17-12-5-3-4-11(10-12)15(20)18-8-9-19-16(21)13-6-1-2-7-14(13)22/h1-7,10,22H,8-9H2,(H,18,20)(H,19,21). The molecule has 2 N–H and O–H groups in total. The summed E-state index contributed by atoms with van der Waals surface area (Å²) in [6.07, 6.45) is 0. The Bertz CT molecular complexity index is 691. The second kappa shape index (κ2) is 7.61. The SMILES string of the molecule is O=C(NCCNC(=O)c1ccccc1S)c1cccc(F)c1. The lowest BCUT2D eigenvalue weighted by molar-refractivity contribution is 0.0926. The predicted molar refractivity (Wildman–Crippen MR) is 84.8 cm³/mol. The van der Waals surface area contributed by atoms with Crippen LogP contribution in [0.2, 0.25) is 0 Å². The number of halogens is 1. The Morgan fingerprint density at radius 2 is 1.64 bits per heavy atom. The molecule has 0 bridgehead atoms. The lowest BCUT2D eigenvalue weighted by Crippen LogP contribution is -2.34. The van der Waals surface area contributed by atoms with Gasteiger partial charge in [-0.3, -0.25) is 9.59 Å². The summed E-state index contributed by atoms with van der Waals surface area (Å²) in [5.74, 6) is -1.11. The van der Waals surface area contributed by atoms with E-state index in [2.05, 4.69) is 23.3 Å². The number of carbonyl (C=O) groups excluding carboxylic acids is 2. The summed E-state index contributed by atoms with van der Waals surface area (Å²) in [5.41, 5.74) is 0.717. The number of hydrogen-bond acceptors (Lipinski definition) is 3. The van der Waals surface area contributed by atoms with Gasteiger partial charge in [0.25, 0.3) is 11.8 Å². The molecule has 0 heterocycles. The van der Waals surface area contributed by atoms with Gasteiger partial charge in [-0.1, -0.05) is 18.2 Å². The zero-order chi connectivity index (χ0) is 15.9. The molecule has 0 aliphatic carbocycles. The van der Waals surface area contributed by atoms with Gasteiger partial charge in [-0.05, 0) is 30.3 Å². The van der Waals surface area contributed by atoms with Crippen LogP contribution in [0.1, 0.15) is 20.7 Å². The van der Waals surface area contributed by atoms with Crippen molar-refractivity contribution in [2.24, 2.45) is 0 Å². The molecule has 0 aliphatic rings.